The Morgan fingerprint density at radius 2 is 1.80 bits per heavy atom. The van der Waals surface area contributed by atoms with Gasteiger partial charge in [0.1, 0.15) is 0 Å². The molecular formula is C28H36F2N6O3S. The molecule has 0 bridgehead atoms. The molecule has 2 heterocycles. The van der Waals surface area contributed by atoms with Gasteiger partial charge in [-0.05, 0) is 81.5 Å². The van der Waals surface area contributed by atoms with Gasteiger partial charge in [-0.25, -0.2) is 17.2 Å². The van der Waals surface area contributed by atoms with Gasteiger partial charge in [-0.2, -0.15) is 5.10 Å². The Kier molecular flexibility index (Phi) is 7.75. The van der Waals surface area contributed by atoms with E-state index < -0.39 is 16.4 Å². The van der Waals surface area contributed by atoms with Crippen molar-refractivity contribution in [1.29, 1.82) is 0 Å². The molecule has 1 aromatic heterocycles. The van der Waals surface area contributed by atoms with Crippen molar-refractivity contribution in [2.75, 3.05) is 47.4 Å². The third-order valence-electron chi connectivity index (χ3n) is 8.07. The summed E-state index contributed by atoms with van der Waals surface area (Å²) >= 11 is 0. The Bertz CT molecular complexity index is 1510. The van der Waals surface area contributed by atoms with Crippen molar-refractivity contribution in [2.24, 2.45) is 12.5 Å². The fraction of sp³-hybridized carbons (Fsp3) is 0.500. The summed E-state index contributed by atoms with van der Waals surface area (Å²) in [6.07, 6.45) is 2.17. The van der Waals surface area contributed by atoms with Crippen molar-refractivity contribution >= 4 is 43.9 Å². The number of nitrogens with zero attached hydrogens (tertiary/aromatic N) is 4. The Morgan fingerprint density at radius 1 is 1.10 bits per heavy atom. The lowest BCUT2D eigenvalue weighted by Gasteiger charge is -2.35. The molecule has 1 saturated carbocycles. The first-order valence-electron chi connectivity index (χ1n) is 13.6. The van der Waals surface area contributed by atoms with Crippen LogP contribution < -0.4 is 14.9 Å². The van der Waals surface area contributed by atoms with Crippen LogP contribution in [0.25, 0.3) is 10.9 Å². The zero-order chi connectivity index (χ0) is 28.7. The maximum Gasteiger partial charge on any atom is 0.257 e. The van der Waals surface area contributed by atoms with Gasteiger partial charge in [0.25, 0.3) is 12.3 Å². The number of benzene rings is 2. The predicted molar refractivity (Wildman–Crippen MR) is 154 cm³/mol. The van der Waals surface area contributed by atoms with Crippen LogP contribution in [0.15, 0.2) is 36.4 Å². The molecule has 1 spiro atoms. The molecule has 1 aliphatic heterocycles. The number of carbonyl (C=O) groups is 1. The molecule has 216 valence electrons. The van der Waals surface area contributed by atoms with Gasteiger partial charge < -0.3 is 10.2 Å². The van der Waals surface area contributed by atoms with Crippen molar-refractivity contribution in [1.82, 2.24) is 14.7 Å². The molecule has 9 nitrogen and oxygen atoms in total. The SMILES string of the molecule is CCS(=O)(=O)Nc1ccc(C(=O)Nc2ccc3c(c2)c(CN(C)CC(F)F)nn3C)c(N2CCC3(CC2)CC3)c1. The third kappa shape index (κ3) is 6.22. The van der Waals surface area contributed by atoms with Crippen LogP contribution in [0.5, 0.6) is 0 Å². The summed E-state index contributed by atoms with van der Waals surface area (Å²) < 4.78 is 54.4. The Balaban J connectivity index is 1.41. The van der Waals surface area contributed by atoms with Gasteiger partial charge in [0.2, 0.25) is 10.0 Å². The van der Waals surface area contributed by atoms with E-state index in [4.69, 9.17) is 0 Å². The van der Waals surface area contributed by atoms with E-state index in [9.17, 15) is 22.0 Å². The first kappa shape index (κ1) is 28.3. The average molecular weight is 575 g/mol. The topological polar surface area (TPSA) is 99.6 Å². The second-order valence-corrected chi connectivity index (χ2v) is 13.1. The van der Waals surface area contributed by atoms with Crippen LogP contribution in [0.3, 0.4) is 0 Å². The molecule has 0 atom stereocenters. The van der Waals surface area contributed by atoms with Crippen LogP contribution in [0.4, 0.5) is 25.8 Å². The Hall–Kier alpha value is -3.25. The van der Waals surface area contributed by atoms with Crippen molar-refractivity contribution in [3.63, 3.8) is 0 Å². The van der Waals surface area contributed by atoms with E-state index in [0.29, 0.717) is 33.7 Å². The quantitative estimate of drug-likeness (QED) is 0.365. The summed E-state index contributed by atoms with van der Waals surface area (Å²) in [5.41, 5.74) is 4.05. The zero-order valence-electron chi connectivity index (χ0n) is 23.1. The molecule has 2 fully saturated rings. The number of fused-ring (bicyclic) bond motifs is 1. The number of aromatic nitrogens is 2. The van der Waals surface area contributed by atoms with Crippen molar-refractivity contribution in [3.05, 3.63) is 47.7 Å². The van der Waals surface area contributed by atoms with Gasteiger partial charge in [-0.3, -0.25) is 19.1 Å². The van der Waals surface area contributed by atoms with E-state index >= 15 is 0 Å². The summed E-state index contributed by atoms with van der Waals surface area (Å²) in [6, 6.07) is 10.5. The van der Waals surface area contributed by atoms with Crippen LogP contribution in [0, 0.1) is 5.41 Å². The number of sulfonamides is 1. The summed E-state index contributed by atoms with van der Waals surface area (Å²) in [6.45, 7) is 3.07. The summed E-state index contributed by atoms with van der Waals surface area (Å²) in [4.78, 5) is 17.3. The molecule has 1 amide bonds. The summed E-state index contributed by atoms with van der Waals surface area (Å²) in [7, 11) is -0.0561. The maximum atomic E-state index is 13.6. The van der Waals surface area contributed by atoms with E-state index in [2.05, 4.69) is 20.0 Å². The van der Waals surface area contributed by atoms with Gasteiger partial charge in [0.15, 0.2) is 0 Å². The second kappa shape index (κ2) is 11.0. The van der Waals surface area contributed by atoms with Gasteiger partial charge in [0.05, 0.1) is 40.4 Å². The van der Waals surface area contributed by atoms with Crippen LogP contribution in [-0.2, 0) is 23.6 Å². The molecule has 2 aromatic carbocycles. The van der Waals surface area contributed by atoms with Gasteiger partial charge in [0, 0.05) is 37.8 Å². The van der Waals surface area contributed by atoms with Crippen LogP contribution >= 0.6 is 0 Å². The minimum absolute atomic E-state index is 0.0481. The van der Waals surface area contributed by atoms with Gasteiger partial charge >= 0.3 is 0 Å². The van der Waals surface area contributed by atoms with Crippen LogP contribution in [-0.4, -0.2) is 67.9 Å². The summed E-state index contributed by atoms with van der Waals surface area (Å²) in [5, 5.41) is 8.27. The Labute approximate surface area is 233 Å². The lowest BCUT2D eigenvalue weighted by molar-refractivity contribution is 0.0970. The van der Waals surface area contributed by atoms with Crippen molar-refractivity contribution in [3.8, 4) is 0 Å². The smallest absolute Gasteiger partial charge is 0.257 e. The minimum Gasteiger partial charge on any atom is -0.371 e. The highest BCUT2D eigenvalue weighted by atomic mass is 32.2. The van der Waals surface area contributed by atoms with E-state index in [0.717, 1.165) is 36.8 Å². The molecule has 1 aliphatic carbocycles. The third-order valence-corrected chi connectivity index (χ3v) is 9.38. The number of alkyl halides is 2. The fourth-order valence-electron chi connectivity index (χ4n) is 5.49. The number of carbonyl (C=O) groups excluding carboxylic acids is 1. The molecule has 12 heteroatoms. The summed E-state index contributed by atoms with van der Waals surface area (Å²) in [5.74, 6) is -0.362. The predicted octanol–water partition coefficient (Wildman–Crippen LogP) is 4.66. The van der Waals surface area contributed by atoms with Gasteiger partial charge in [-0.1, -0.05) is 0 Å². The maximum absolute atomic E-state index is 13.6. The number of aryl methyl sites for hydroxylation is 1. The molecular weight excluding hydrogens is 538 g/mol. The molecule has 40 heavy (non-hydrogen) atoms. The minimum atomic E-state index is -3.47. The van der Waals surface area contributed by atoms with Crippen LogP contribution in [0.1, 0.15) is 48.7 Å². The first-order chi connectivity index (χ1) is 19.0. The number of nitrogens with one attached hydrogen (secondary N) is 2. The van der Waals surface area contributed by atoms with Gasteiger partial charge in [-0.15, -0.1) is 0 Å². The highest BCUT2D eigenvalue weighted by Gasteiger charge is 2.44. The number of piperidine rings is 1. The molecule has 1 saturated heterocycles. The number of rotatable bonds is 10. The molecule has 3 aromatic rings. The number of hydrogen-bond donors (Lipinski definition) is 2. The number of amides is 1. The van der Waals surface area contributed by atoms with Crippen molar-refractivity contribution < 1.29 is 22.0 Å². The number of hydrogen-bond acceptors (Lipinski definition) is 6. The van der Waals surface area contributed by atoms with E-state index in [-0.39, 0.29) is 24.7 Å². The van der Waals surface area contributed by atoms with E-state index in [1.54, 1.807) is 50.0 Å². The van der Waals surface area contributed by atoms with Crippen molar-refractivity contribution in [2.45, 2.75) is 45.6 Å². The standard InChI is InChI=1S/C28H36F2N6O3S/c1-4-40(38,39)33-20-5-7-21(25(16-20)36-13-11-28(9-10-28)12-14-36)27(37)31-19-6-8-24-22(15-19)23(32-35(24)3)17-34(2)18-26(29)30/h5-8,15-16,26,33H,4,9-14,17-18H2,1-3H3,(H,31,37). The normalized spacial score (nSPS) is 16.7. The molecule has 2 aliphatic rings. The molecule has 5 rings (SSSR count). The largest absolute Gasteiger partial charge is 0.371 e. The number of anilines is 3. The second-order valence-electron chi connectivity index (χ2n) is 11.1. The highest BCUT2D eigenvalue weighted by molar-refractivity contribution is 7.92. The average Bonchev–Trinajstić information content (AvgIpc) is 3.58. The molecule has 2 N–H and O–H groups in total. The van der Waals surface area contributed by atoms with Crippen LogP contribution in [0.2, 0.25) is 0 Å². The first-order valence-corrected chi connectivity index (χ1v) is 15.3. The number of halogens is 2. The molecule has 0 unspecified atom stereocenters. The Morgan fingerprint density at radius 3 is 2.45 bits per heavy atom. The lowest BCUT2D eigenvalue weighted by atomic mass is 9.93. The highest BCUT2D eigenvalue weighted by Crippen LogP contribution is 2.54. The molecule has 0 radical (unpaired) electrons. The zero-order valence-corrected chi connectivity index (χ0v) is 23.9. The van der Waals surface area contributed by atoms with E-state index in [1.165, 1.54) is 17.7 Å². The fourth-order valence-corrected chi connectivity index (χ4v) is 6.12. The lowest BCUT2D eigenvalue weighted by Crippen LogP contribution is -2.35. The monoisotopic (exact) mass is 574 g/mol. The van der Waals surface area contributed by atoms with E-state index in [1.807, 2.05) is 12.1 Å².